The van der Waals surface area contributed by atoms with E-state index < -0.39 is 5.82 Å². The molecule has 26 heavy (non-hydrogen) atoms. The van der Waals surface area contributed by atoms with Crippen LogP contribution in [0.4, 0.5) is 4.39 Å². The van der Waals surface area contributed by atoms with Crippen molar-refractivity contribution in [1.29, 1.82) is 0 Å². The third-order valence-electron chi connectivity index (χ3n) is 3.95. The number of methoxy groups -OCH3 is 1. The molecule has 0 spiro atoms. The van der Waals surface area contributed by atoms with Gasteiger partial charge in [0, 0.05) is 0 Å². The van der Waals surface area contributed by atoms with E-state index in [9.17, 15) is 4.39 Å². The van der Waals surface area contributed by atoms with Crippen molar-refractivity contribution in [3.05, 3.63) is 60.0 Å². The number of nitrogens with zero attached hydrogens (tertiary/aromatic N) is 5. The number of benzene rings is 2. The zero-order valence-corrected chi connectivity index (χ0v) is 14.0. The van der Waals surface area contributed by atoms with Crippen molar-refractivity contribution in [2.45, 2.75) is 6.92 Å². The van der Waals surface area contributed by atoms with E-state index in [0.29, 0.717) is 5.69 Å². The minimum absolute atomic E-state index is 0.163. The monoisotopic (exact) mass is 351 g/mol. The minimum atomic E-state index is -0.418. The molecule has 0 saturated heterocycles. The first-order chi connectivity index (χ1) is 12.7. The molecule has 0 fully saturated rings. The van der Waals surface area contributed by atoms with Crippen LogP contribution in [-0.2, 0) is 0 Å². The van der Waals surface area contributed by atoms with Crippen LogP contribution < -0.4 is 4.74 Å². The molecule has 4 rings (SSSR count). The van der Waals surface area contributed by atoms with Crippen molar-refractivity contribution < 1.29 is 13.7 Å². The second kappa shape index (κ2) is 6.40. The van der Waals surface area contributed by atoms with Gasteiger partial charge in [-0.15, -0.1) is 5.10 Å². The van der Waals surface area contributed by atoms with Gasteiger partial charge in [-0.2, -0.15) is 4.98 Å². The van der Waals surface area contributed by atoms with Gasteiger partial charge in [0.1, 0.15) is 11.6 Å². The van der Waals surface area contributed by atoms with Gasteiger partial charge in [0.2, 0.25) is 5.82 Å². The molecule has 0 radical (unpaired) electrons. The number of hydrogen-bond acceptors (Lipinski definition) is 6. The van der Waals surface area contributed by atoms with E-state index in [1.165, 1.54) is 6.07 Å². The lowest BCUT2D eigenvalue weighted by Crippen LogP contribution is -1.99. The Labute approximate surface area is 148 Å². The van der Waals surface area contributed by atoms with Crippen LogP contribution in [0.25, 0.3) is 28.7 Å². The molecule has 8 heteroatoms. The van der Waals surface area contributed by atoms with Crippen LogP contribution in [-0.4, -0.2) is 32.2 Å². The van der Waals surface area contributed by atoms with Crippen LogP contribution in [0.15, 0.2) is 53.1 Å². The number of rotatable bonds is 4. The molecule has 2 aromatic heterocycles. The highest BCUT2D eigenvalue weighted by molar-refractivity contribution is 5.59. The number of ether oxygens (including phenoxy) is 1. The molecule has 0 aliphatic carbocycles. The molecule has 0 bridgehead atoms. The average Bonchev–Trinajstić information content (AvgIpc) is 3.29. The Kier molecular flexibility index (Phi) is 3.92. The second-order valence-electron chi connectivity index (χ2n) is 5.54. The summed E-state index contributed by atoms with van der Waals surface area (Å²) in [6.07, 6.45) is 0. The molecule has 4 aromatic rings. The fourth-order valence-electron chi connectivity index (χ4n) is 2.57. The van der Waals surface area contributed by atoms with Gasteiger partial charge in [-0.05, 0) is 43.3 Å². The molecule has 0 atom stereocenters. The Balaban J connectivity index is 1.69. The molecule has 0 aliphatic heterocycles. The van der Waals surface area contributed by atoms with Crippen LogP contribution in [0, 0.1) is 12.7 Å². The summed E-state index contributed by atoms with van der Waals surface area (Å²) in [5.74, 6) is 0.675. The van der Waals surface area contributed by atoms with E-state index in [0.717, 1.165) is 17.1 Å². The normalized spacial score (nSPS) is 10.9. The summed E-state index contributed by atoms with van der Waals surface area (Å²) >= 11 is 0. The van der Waals surface area contributed by atoms with Gasteiger partial charge in [0.15, 0.2) is 5.69 Å². The summed E-state index contributed by atoms with van der Waals surface area (Å²) in [5.41, 5.74) is 2.24. The Bertz CT molecular complexity index is 1060. The predicted octanol–water partition coefficient (Wildman–Crippen LogP) is 3.44. The quantitative estimate of drug-likeness (QED) is 0.560. The van der Waals surface area contributed by atoms with Gasteiger partial charge in [-0.1, -0.05) is 22.5 Å². The maximum absolute atomic E-state index is 13.9. The van der Waals surface area contributed by atoms with Crippen molar-refractivity contribution in [3.63, 3.8) is 0 Å². The molecule has 0 aliphatic rings. The predicted molar refractivity (Wildman–Crippen MR) is 91.3 cm³/mol. The first-order valence-electron chi connectivity index (χ1n) is 7.83. The maximum atomic E-state index is 13.9. The molecule has 0 unspecified atom stereocenters. The molecule has 0 amide bonds. The maximum Gasteiger partial charge on any atom is 0.280 e. The second-order valence-corrected chi connectivity index (χ2v) is 5.54. The van der Waals surface area contributed by atoms with Gasteiger partial charge in [0.25, 0.3) is 5.89 Å². The van der Waals surface area contributed by atoms with Gasteiger partial charge in [-0.25, -0.2) is 9.07 Å². The molecule has 0 N–H and O–H groups in total. The summed E-state index contributed by atoms with van der Waals surface area (Å²) < 4.78 is 26.0. The van der Waals surface area contributed by atoms with Gasteiger partial charge < -0.3 is 9.26 Å². The minimum Gasteiger partial charge on any atom is -0.497 e. The summed E-state index contributed by atoms with van der Waals surface area (Å²) in [6, 6.07) is 13.6. The zero-order valence-electron chi connectivity index (χ0n) is 14.0. The van der Waals surface area contributed by atoms with Crippen molar-refractivity contribution in [3.8, 4) is 34.4 Å². The van der Waals surface area contributed by atoms with Crippen LogP contribution in [0.2, 0.25) is 0 Å². The van der Waals surface area contributed by atoms with Crippen molar-refractivity contribution >= 4 is 0 Å². The Morgan fingerprint density at radius 1 is 1.08 bits per heavy atom. The zero-order chi connectivity index (χ0) is 18.1. The van der Waals surface area contributed by atoms with E-state index in [-0.39, 0.29) is 17.3 Å². The SMILES string of the molecule is COc1ccc(-n2nnc(-c3nc(-c4ccccc4F)no3)c2C)cc1. The van der Waals surface area contributed by atoms with Gasteiger partial charge in [-0.3, -0.25) is 0 Å². The lowest BCUT2D eigenvalue weighted by atomic mass is 10.2. The molecular weight excluding hydrogens is 337 g/mol. The van der Waals surface area contributed by atoms with Crippen molar-refractivity contribution in [2.24, 2.45) is 0 Å². The highest BCUT2D eigenvalue weighted by Crippen LogP contribution is 2.26. The Morgan fingerprint density at radius 3 is 2.58 bits per heavy atom. The lowest BCUT2D eigenvalue weighted by molar-refractivity contribution is 0.414. The fourth-order valence-corrected chi connectivity index (χ4v) is 2.57. The lowest BCUT2D eigenvalue weighted by Gasteiger charge is -2.04. The van der Waals surface area contributed by atoms with Gasteiger partial charge >= 0.3 is 0 Å². The third kappa shape index (κ3) is 2.71. The molecule has 130 valence electrons. The van der Waals surface area contributed by atoms with E-state index >= 15 is 0 Å². The van der Waals surface area contributed by atoms with Crippen LogP contribution in [0.3, 0.4) is 0 Å². The van der Waals surface area contributed by atoms with E-state index in [1.54, 1.807) is 30.0 Å². The molecule has 7 nitrogen and oxygen atoms in total. The summed E-state index contributed by atoms with van der Waals surface area (Å²) in [5, 5.41) is 12.1. The van der Waals surface area contributed by atoms with E-state index in [2.05, 4.69) is 20.5 Å². The fraction of sp³-hybridized carbons (Fsp3) is 0.111. The average molecular weight is 351 g/mol. The van der Waals surface area contributed by atoms with Crippen LogP contribution in [0.1, 0.15) is 5.69 Å². The highest BCUT2D eigenvalue weighted by atomic mass is 19.1. The number of hydrogen-bond donors (Lipinski definition) is 0. The molecule has 2 heterocycles. The largest absolute Gasteiger partial charge is 0.497 e. The van der Waals surface area contributed by atoms with Crippen LogP contribution >= 0.6 is 0 Å². The smallest absolute Gasteiger partial charge is 0.280 e. The molecular formula is C18H14FN5O2. The van der Waals surface area contributed by atoms with Gasteiger partial charge in [0.05, 0.1) is 24.1 Å². The first kappa shape index (κ1) is 15.9. The first-order valence-corrected chi connectivity index (χ1v) is 7.83. The van der Waals surface area contributed by atoms with Crippen LogP contribution in [0.5, 0.6) is 5.75 Å². The summed E-state index contributed by atoms with van der Waals surface area (Å²) in [4.78, 5) is 4.25. The third-order valence-corrected chi connectivity index (χ3v) is 3.95. The Hall–Kier alpha value is -3.55. The highest BCUT2D eigenvalue weighted by Gasteiger charge is 2.20. The molecule has 2 aromatic carbocycles. The van der Waals surface area contributed by atoms with E-state index in [4.69, 9.17) is 9.26 Å². The topological polar surface area (TPSA) is 78.9 Å². The number of aromatic nitrogens is 5. The van der Waals surface area contributed by atoms with Crippen molar-refractivity contribution in [1.82, 2.24) is 25.1 Å². The van der Waals surface area contributed by atoms with E-state index in [1.807, 2.05) is 31.2 Å². The van der Waals surface area contributed by atoms with Crippen molar-refractivity contribution in [2.75, 3.05) is 7.11 Å². The Morgan fingerprint density at radius 2 is 1.85 bits per heavy atom. The summed E-state index contributed by atoms with van der Waals surface area (Å²) in [6.45, 7) is 1.84. The standard InChI is InChI=1S/C18H14FN5O2/c1-11-16(21-23-24(11)12-7-9-13(25-2)10-8-12)18-20-17(22-26-18)14-5-3-4-6-15(14)19/h3-10H,1-2H3. The summed E-state index contributed by atoms with van der Waals surface area (Å²) in [7, 11) is 1.61. The molecule has 0 saturated carbocycles. The number of halogens is 1.